The van der Waals surface area contributed by atoms with Crippen LogP contribution >= 0.6 is 11.6 Å². The smallest absolute Gasteiger partial charge is 0.220 e. The highest BCUT2D eigenvalue weighted by Crippen LogP contribution is 2.31. The van der Waals surface area contributed by atoms with Gasteiger partial charge in [0.25, 0.3) is 0 Å². The first kappa shape index (κ1) is 21.5. The van der Waals surface area contributed by atoms with Crippen molar-refractivity contribution >= 4 is 28.6 Å². The lowest BCUT2D eigenvalue weighted by molar-refractivity contribution is 0.130. The Kier molecular flexibility index (Phi) is 6.70. The third-order valence-corrected chi connectivity index (χ3v) is 5.33. The average Bonchev–Trinajstić information content (AvgIpc) is 3.01. The summed E-state index contributed by atoms with van der Waals surface area (Å²) in [7, 11) is 0. The Labute approximate surface area is 175 Å². The molecule has 0 spiro atoms. The van der Waals surface area contributed by atoms with Gasteiger partial charge in [-0.05, 0) is 45.7 Å². The molecule has 2 heterocycles. The molecular formula is C21H27ClFN5O. The van der Waals surface area contributed by atoms with E-state index in [0.29, 0.717) is 27.3 Å². The summed E-state index contributed by atoms with van der Waals surface area (Å²) in [6, 6.07) is 3.35. The third kappa shape index (κ3) is 4.85. The van der Waals surface area contributed by atoms with E-state index in [0.717, 1.165) is 18.7 Å². The Bertz CT molecular complexity index is 998. The summed E-state index contributed by atoms with van der Waals surface area (Å²) in [6.45, 7) is 5.90. The number of anilines is 1. The normalized spacial score (nSPS) is 14.9. The molecule has 3 aromatic rings. The molecule has 0 radical (unpaired) electrons. The van der Waals surface area contributed by atoms with Gasteiger partial charge in [0.2, 0.25) is 5.95 Å². The molecule has 0 bridgehead atoms. The molecule has 2 aromatic heterocycles. The molecule has 4 rings (SSSR count). The van der Waals surface area contributed by atoms with Gasteiger partial charge in [0.05, 0.1) is 28.5 Å². The number of hydrogen-bond acceptors (Lipinski definition) is 5. The fourth-order valence-corrected chi connectivity index (χ4v) is 3.92. The van der Waals surface area contributed by atoms with Crippen LogP contribution in [-0.4, -0.2) is 30.7 Å². The number of hydrogen-bond donors (Lipinski definition) is 2. The Morgan fingerprint density at radius 3 is 2.48 bits per heavy atom. The molecule has 156 valence electrons. The van der Waals surface area contributed by atoms with Crippen molar-refractivity contribution in [3.63, 3.8) is 0 Å². The second-order valence-corrected chi connectivity index (χ2v) is 8.07. The topological polar surface area (TPSA) is 89.9 Å². The first-order chi connectivity index (χ1) is 13.8. The molecule has 1 aliphatic rings. The summed E-state index contributed by atoms with van der Waals surface area (Å²) in [6.07, 6.45) is 7.33. The van der Waals surface area contributed by atoms with Crippen molar-refractivity contribution in [2.45, 2.75) is 65.0 Å². The molecule has 1 saturated carbocycles. The van der Waals surface area contributed by atoms with Gasteiger partial charge in [-0.1, -0.05) is 30.9 Å². The van der Waals surface area contributed by atoms with Crippen molar-refractivity contribution < 1.29 is 9.50 Å². The molecule has 3 N–H and O–H groups in total. The number of aryl methyl sites for hydroxylation is 1. The first-order valence-corrected chi connectivity index (χ1v) is 10.3. The number of aliphatic hydroxyl groups is 1. The quantitative estimate of drug-likeness (QED) is 0.605. The lowest BCUT2D eigenvalue weighted by Gasteiger charge is -2.14. The van der Waals surface area contributed by atoms with Crippen LogP contribution < -0.4 is 5.73 Å². The maximum Gasteiger partial charge on any atom is 0.220 e. The van der Waals surface area contributed by atoms with Crippen LogP contribution in [0.1, 0.15) is 57.8 Å². The maximum absolute atomic E-state index is 14.4. The van der Waals surface area contributed by atoms with E-state index < -0.39 is 5.82 Å². The molecule has 0 amide bonds. The number of halogens is 2. The standard InChI is InChI=1S/C15H15ClFN5.C6H12O/c1-7(2)22-8(3)20-14-11(17)4-9(5-12(14)22)13-10(16)6-19-15(18)21-13;7-6-4-2-1-3-5-6/h4-7H,1-3H3,(H2,18,19,21);6-7H,1-5H2. The number of rotatable bonds is 2. The van der Waals surface area contributed by atoms with E-state index in [4.69, 9.17) is 22.4 Å². The lowest BCUT2D eigenvalue weighted by Crippen LogP contribution is -2.09. The molecule has 29 heavy (non-hydrogen) atoms. The largest absolute Gasteiger partial charge is 0.393 e. The number of nitrogens with zero attached hydrogens (tertiary/aromatic N) is 4. The molecule has 1 fully saturated rings. The van der Waals surface area contributed by atoms with Gasteiger partial charge in [-0.15, -0.1) is 0 Å². The van der Waals surface area contributed by atoms with Crippen molar-refractivity contribution in [3.05, 3.63) is 35.0 Å². The number of fused-ring (bicyclic) bond motifs is 1. The second-order valence-electron chi connectivity index (χ2n) is 7.67. The average molecular weight is 420 g/mol. The van der Waals surface area contributed by atoms with Gasteiger partial charge >= 0.3 is 0 Å². The first-order valence-electron chi connectivity index (χ1n) is 9.92. The van der Waals surface area contributed by atoms with Gasteiger partial charge in [0.15, 0.2) is 5.82 Å². The fourth-order valence-electron chi connectivity index (χ4n) is 3.72. The van der Waals surface area contributed by atoms with E-state index in [1.165, 1.54) is 31.5 Å². The Morgan fingerprint density at radius 2 is 1.90 bits per heavy atom. The van der Waals surface area contributed by atoms with E-state index in [9.17, 15) is 4.39 Å². The number of benzene rings is 1. The van der Waals surface area contributed by atoms with Crippen LogP contribution in [0.2, 0.25) is 5.02 Å². The van der Waals surface area contributed by atoms with Crippen LogP contribution in [0.15, 0.2) is 18.3 Å². The van der Waals surface area contributed by atoms with E-state index in [-0.39, 0.29) is 18.1 Å². The van der Waals surface area contributed by atoms with Gasteiger partial charge in [-0.3, -0.25) is 0 Å². The van der Waals surface area contributed by atoms with E-state index in [1.807, 2.05) is 31.4 Å². The Balaban J connectivity index is 0.000000290. The second kappa shape index (κ2) is 9.05. The molecule has 0 atom stereocenters. The number of aromatic nitrogens is 4. The number of aliphatic hydroxyl groups excluding tert-OH is 1. The number of nitrogen functional groups attached to an aromatic ring is 1. The zero-order valence-corrected chi connectivity index (χ0v) is 17.7. The number of imidazole rings is 1. The van der Waals surface area contributed by atoms with Crippen LogP contribution in [0.4, 0.5) is 10.3 Å². The van der Waals surface area contributed by atoms with Crippen LogP contribution in [-0.2, 0) is 0 Å². The summed E-state index contributed by atoms with van der Waals surface area (Å²) < 4.78 is 16.4. The van der Waals surface area contributed by atoms with Crippen molar-refractivity contribution in [3.8, 4) is 11.3 Å². The molecule has 6 nitrogen and oxygen atoms in total. The third-order valence-electron chi connectivity index (χ3n) is 5.05. The highest BCUT2D eigenvalue weighted by Gasteiger charge is 2.17. The minimum Gasteiger partial charge on any atom is -0.393 e. The molecule has 1 aromatic carbocycles. The predicted molar refractivity (Wildman–Crippen MR) is 114 cm³/mol. The molecule has 8 heteroatoms. The van der Waals surface area contributed by atoms with Crippen LogP contribution in [0, 0.1) is 12.7 Å². The summed E-state index contributed by atoms with van der Waals surface area (Å²) in [5.41, 5.74) is 7.60. The van der Waals surface area contributed by atoms with Crippen molar-refractivity contribution in [1.29, 1.82) is 0 Å². The van der Waals surface area contributed by atoms with E-state index >= 15 is 0 Å². The zero-order valence-electron chi connectivity index (χ0n) is 17.0. The van der Waals surface area contributed by atoms with Crippen LogP contribution in [0.25, 0.3) is 22.3 Å². The van der Waals surface area contributed by atoms with Gasteiger partial charge in [-0.25, -0.2) is 19.3 Å². The molecule has 0 saturated heterocycles. The molecular weight excluding hydrogens is 393 g/mol. The maximum atomic E-state index is 14.4. The minimum absolute atomic E-state index is 0.0359. The summed E-state index contributed by atoms with van der Waals surface area (Å²) in [5.74, 6) is 0.436. The van der Waals surface area contributed by atoms with E-state index in [2.05, 4.69) is 15.0 Å². The highest BCUT2D eigenvalue weighted by atomic mass is 35.5. The van der Waals surface area contributed by atoms with E-state index in [1.54, 1.807) is 0 Å². The summed E-state index contributed by atoms with van der Waals surface area (Å²) in [4.78, 5) is 12.2. The SMILES string of the molecule is Cc1nc2c(F)cc(-c3nc(N)ncc3Cl)cc2n1C(C)C.OC1CCCCC1. The van der Waals surface area contributed by atoms with Gasteiger partial charge in [0.1, 0.15) is 11.3 Å². The Morgan fingerprint density at radius 1 is 1.21 bits per heavy atom. The fraction of sp³-hybridized carbons (Fsp3) is 0.476. The lowest BCUT2D eigenvalue weighted by atomic mass is 9.98. The van der Waals surface area contributed by atoms with Crippen molar-refractivity contribution in [2.24, 2.45) is 0 Å². The van der Waals surface area contributed by atoms with Gasteiger partial charge in [-0.2, -0.15) is 0 Å². The predicted octanol–water partition coefficient (Wildman–Crippen LogP) is 5.07. The summed E-state index contributed by atoms with van der Waals surface area (Å²) >= 11 is 6.12. The zero-order chi connectivity index (χ0) is 21.1. The molecule has 1 aliphatic carbocycles. The van der Waals surface area contributed by atoms with Gasteiger partial charge in [0, 0.05) is 11.6 Å². The summed E-state index contributed by atoms with van der Waals surface area (Å²) in [5, 5.41) is 9.23. The molecule has 0 unspecified atom stereocenters. The van der Waals surface area contributed by atoms with Crippen LogP contribution in [0.3, 0.4) is 0 Å². The highest BCUT2D eigenvalue weighted by molar-refractivity contribution is 6.33. The molecule has 0 aliphatic heterocycles. The van der Waals surface area contributed by atoms with Crippen molar-refractivity contribution in [2.75, 3.05) is 5.73 Å². The van der Waals surface area contributed by atoms with Crippen LogP contribution in [0.5, 0.6) is 0 Å². The number of nitrogens with two attached hydrogens (primary N) is 1. The Hall–Kier alpha value is -2.25. The van der Waals surface area contributed by atoms with Gasteiger partial charge < -0.3 is 15.4 Å². The van der Waals surface area contributed by atoms with Crippen molar-refractivity contribution in [1.82, 2.24) is 19.5 Å². The minimum atomic E-state index is -0.414. The monoisotopic (exact) mass is 419 g/mol.